The summed E-state index contributed by atoms with van der Waals surface area (Å²) in [6.45, 7) is 0. The van der Waals surface area contributed by atoms with Crippen molar-refractivity contribution in [1.29, 1.82) is 0 Å². The number of hydrogen-bond donors (Lipinski definition) is 1. The molecule has 0 aliphatic heterocycles. The predicted octanol–water partition coefficient (Wildman–Crippen LogP) is 4.83. The lowest BCUT2D eigenvalue weighted by atomic mass is 9.90. The van der Waals surface area contributed by atoms with Crippen molar-refractivity contribution < 1.29 is 0 Å². The van der Waals surface area contributed by atoms with Crippen LogP contribution >= 0.6 is 22.6 Å². The molecule has 4 heteroatoms. The van der Waals surface area contributed by atoms with Gasteiger partial charge >= 0.3 is 0 Å². The predicted molar refractivity (Wildman–Crippen MR) is 91.3 cm³/mol. The average Bonchev–Trinajstić information content (AvgIpc) is 3.23. The summed E-state index contributed by atoms with van der Waals surface area (Å²) >= 11 is 2.41. The van der Waals surface area contributed by atoms with E-state index in [4.69, 9.17) is 9.97 Å². The van der Waals surface area contributed by atoms with Crippen LogP contribution in [0.1, 0.15) is 81.1 Å². The van der Waals surface area contributed by atoms with Gasteiger partial charge in [0.25, 0.3) is 0 Å². The number of anilines is 1. The van der Waals surface area contributed by atoms with Crippen molar-refractivity contribution in [3.63, 3.8) is 0 Å². The Balaban J connectivity index is 1.88. The number of nitrogens with zero attached hydrogens (tertiary/aromatic N) is 2. The standard InChI is InChI=1S/C16H24IN3/c1-18-16-13(17)14(11-9-10-11)19-15(20-16)12-7-5-3-2-4-6-8-12/h11-12H,2-10H2,1H3,(H,18,19,20). The van der Waals surface area contributed by atoms with Crippen LogP contribution in [-0.2, 0) is 0 Å². The highest BCUT2D eigenvalue weighted by atomic mass is 127. The van der Waals surface area contributed by atoms with E-state index in [0.717, 1.165) is 11.6 Å². The number of rotatable bonds is 3. The quantitative estimate of drug-likeness (QED) is 0.758. The summed E-state index contributed by atoms with van der Waals surface area (Å²) in [5.41, 5.74) is 1.31. The molecule has 2 aliphatic carbocycles. The second-order valence-corrected chi connectivity index (χ2v) is 7.27. The van der Waals surface area contributed by atoms with Gasteiger partial charge in [-0.15, -0.1) is 0 Å². The molecule has 110 valence electrons. The molecule has 1 aromatic heterocycles. The highest BCUT2D eigenvalue weighted by Crippen LogP contribution is 2.43. The summed E-state index contributed by atoms with van der Waals surface area (Å²) in [4.78, 5) is 9.81. The van der Waals surface area contributed by atoms with E-state index in [1.807, 2.05) is 7.05 Å². The minimum atomic E-state index is 0.580. The zero-order valence-corrected chi connectivity index (χ0v) is 14.4. The zero-order chi connectivity index (χ0) is 13.9. The van der Waals surface area contributed by atoms with Crippen LogP contribution in [0.5, 0.6) is 0 Å². The van der Waals surface area contributed by atoms with Crippen LogP contribution in [0.2, 0.25) is 0 Å². The fourth-order valence-electron chi connectivity index (χ4n) is 3.17. The van der Waals surface area contributed by atoms with Crippen molar-refractivity contribution in [1.82, 2.24) is 9.97 Å². The van der Waals surface area contributed by atoms with Crippen LogP contribution in [0.25, 0.3) is 0 Å². The van der Waals surface area contributed by atoms with Gasteiger partial charge in [0.15, 0.2) is 0 Å². The fraction of sp³-hybridized carbons (Fsp3) is 0.750. The van der Waals surface area contributed by atoms with Crippen LogP contribution in [0, 0.1) is 3.57 Å². The largest absolute Gasteiger partial charge is 0.372 e. The van der Waals surface area contributed by atoms with E-state index in [0.29, 0.717) is 11.8 Å². The number of halogens is 1. The molecule has 2 fully saturated rings. The topological polar surface area (TPSA) is 37.8 Å². The van der Waals surface area contributed by atoms with Crippen LogP contribution in [0.15, 0.2) is 0 Å². The lowest BCUT2D eigenvalue weighted by molar-refractivity contribution is 0.441. The van der Waals surface area contributed by atoms with Gasteiger partial charge in [0, 0.05) is 18.9 Å². The average molecular weight is 385 g/mol. The van der Waals surface area contributed by atoms with Gasteiger partial charge < -0.3 is 5.32 Å². The highest BCUT2D eigenvalue weighted by Gasteiger charge is 2.30. The first-order chi connectivity index (χ1) is 9.79. The van der Waals surface area contributed by atoms with Gasteiger partial charge in [0.1, 0.15) is 11.6 Å². The molecule has 3 rings (SSSR count). The Morgan fingerprint density at radius 3 is 2.15 bits per heavy atom. The molecule has 2 aliphatic rings. The molecule has 0 saturated heterocycles. The summed E-state index contributed by atoms with van der Waals surface area (Å²) in [6, 6.07) is 0. The van der Waals surface area contributed by atoms with E-state index < -0.39 is 0 Å². The maximum Gasteiger partial charge on any atom is 0.143 e. The Labute approximate surface area is 135 Å². The van der Waals surface area contributed by atoms with E-state index in [1.54, 1.807) is 0 Å². The normalized spacial score (nSPS) is 21.3. The van der Waals surface area contributed by atoms with E-state index in [2.05, 4.69) is 27.9 Å². The van der Waals surface area contributed by atoms with E-state index in [1.165, 1.54) is 67.1 Å². The van der Waals surface area contributed by atoms with Gasteiger partial charge in [-0.05, 0) is 48.3 Å². The molecule has 1 heterocycles. The van der Waals surface area contributed by atoms with E-state index in [-0.39, 0.29) is 0 Å². The van der Waals surface area contributed by atoms with Crippen LogP contribution in [0.3, 0.4) is 0 Å². The van der Waals surface area contributed by atoms with Crippen LogP contribution in [0.4, 0.5) is 5.82 Å². The Hall–Kier alpha value is -0.390. The van der Waals surface area contributed by atoms with Crippen LogP contribution < -0.4 is 5.32 Å². The summed E-state index contributed by atoms with van der Waals surface area (Å²) in [5, 5.41) is 3.27. The molecule has 0 amide bonds. The molecule has 0 bridgehead atoms. The smallest absolute Gasteiger partial charge is 0.143 e. The van der Waals surface area contributed by atoms with Crippen molar-refractivity contribution >= 4 is 28.4 Å². The van der Waals surface area contributed by atoms with Gasteiger partial charge in [0.2, 0.25) is 0 Å². The lowest BCUT2D eigenvalue weighted by Gasteiger charge is -2.20. The molecule has 3 nitrogen and oxygen atoms in total. The third-order valence-corrected chi connectivity index (χ3v) is 5.63. The number of aromatic nitrogens is 2. The minimum absolute atomic E-state index is 0.580. The minimum Gasteiger partial charge on any atom is -0.372 e. The van der Waals surface area contributed by atoms with E-state index >= 15 is 0 Å². The Morgan fingerprint density at radius 2 is 1.55 bits per heavy atom. The fourth-order valence-corrected chi connectivity index (χ4v) is 4.12. The summed E-state index contributed by atoms with van der Waals surface area (Å²) in [5.74, 6) is 3.43. The molecule has 0 atom stereocenters. The molecule has 0 aromatic carbocycles. The van der Waals surface area contributed by atoms with Gasteiger partial charge in [-0.3, -0.25) is 0 Å². The monoisotopic (exact) mass is 385 g/mol. The van der Waals surface area contributed by atoms with Gasteiger partial charge in [-0.1, -0.05) is 32.1 Å². The Kier molecular flexibility index (Phi) is 4.79. The van der Waals surface area contributed by atoms with Crippen molar-refractivity contribution in [2.75, 3.05) is 12.4 Å². The lowest BCUT2D eigenvalue weighted by Crippen LogP contribution is -2.12. The zero-order valence-electron chi connectivity index (χ0n) is 12.3. The third-order valence-electron chi connectivity index (χ3n) is 4.57. The SMILES string of the molecule is CNc1nc(C2CCCCCCC2)nc(C2CC2)c1I. The van der Waals surface area contributed by atoms with Gasteiger partial charge in [-0.2, -0.15) is 0 Å². The summed E-state index contributed by atoms with van der Waals surface area (Å²) in [7, 11) is 1.98. The summed E-state index contributed by atoms with van der Waals surface area (Å²) < 4.78 is 1.24. The molecule has 2 saturated carbocycles. The molecule has 1 N–H and O–H groups in total. The molecule has 1 aromatic rings. The molecular formula is C16H24IN3. The highest BCUT2D eigenvalue weighted by molar-refractivity contribution is 14.1. The Bertz CT molecular complexity index is 463. The molecule has 0 radical (unpaired) electrons. The van der Waals surface area contributed by atoms with Gasteiger partial charge in [-0.25, -0.2) is 9.97 Å². The van der Waals surface area contributed by atoms with Crippen molar-refractivity contribution in [3.05, 3.63) is 15.1 Å². The van der Waals surface area contributed by atoms with Crippen molar-refractivity contribution in [3.8, 4) is 0 Å². The number of hydrogen-bond acceptors (Lipinski definition) is 3. The first-order valence-corrected chi connectivity index (χ1v) is 9.12. The third kappa shape index (κ3) is 3.26. The molecule has 0 spiro atoms. The van der Waals surface area contributed by atoms with Gasteiger partial charge in [0.05, 0.1) is 9.26 Å². The van der Waals surface area contributed by atoms with Crippen LogP contribution in [-0.4, -0.2) is 17.0 Å². The number of nitrogens with one attached hydrogen (secondary N) is 1. The van der Waals surface area contributed by atoms with Crippen molar-refractivity contribution in [2.24, 2.45) is 0 Å². The maximum atomic E-state index is 4.98. The first-order valence-electron chi connectivity index (χ1n) is 8.04. The second kappa shape index (κ2) is 6.58. The second-order valence-electron chi connectivity index (χ2n) is 6.20. The maximum absolute atomic E-state index is 4.98. The van der Waals surface area contributed by atoms with E-state index in [9.17, 15) is 0 Å². The Morgan fingerprint density at radius 1 is 0.900 bits per heavy atom. The molecular weight excluding hydrogens is 361 g/mol. The molecule has 0 unspecified atom stereocenters. The van der Waals surface area contributed by atoms with Crippen molar-refractivity contribution in [2.45, 2.75) is 69.6 Å². The first kappa shape index (κ1) is 14.5. The summed E-state index contributed by atoms with van der Waals surface area (Å²) in [6.07, 6.45) is 12.0. The molecule has 20 heavy (non-hydrogen) atoms.